The summed E-state index contributed by atoms with van der Waals surface area (Å²) in [5.74, 6) is 0.580. The van der Waals surface area contributed by atoms with Gasteiger partial charge in [0.1, 0.15) is 12.1 Å². The number of fused-ring (bicyclic) bond motifs is 3. The lowest BCUT2D eigenvalue weighted by molar-refractivity contribution is -0.142. The summed E-state index contributed by atoms with van der Waals surface area (Å²) in [6.45, 7) is 0. The highest BCUT2D eigenvalue weighted by Gasteiger charge is 2.38. The summed E-state index contributed by atoms with van der Waals surface area (Å²) < 4.78 is 84.3. The Bertz CT molecular complexity index is 2490. The van der Waals surface area contributed by atoms with E-state index in [0.29, 0.717) is 50.5 Å². The van der Waals surface area contributed by atoms with Gasteiger partial charge in [0.15, 0.2) is 11.6 Å². The number of aromatic nitrogens is 5. The summed E-state index contributed by atoms with van der Waals surface area (Å²) in [5.41, 5.74) is 0.328. The number of rotatable bonds is 4. The largest absolute Gasteiger partial charge is 0.417 e. The van der Waals surface area contributed by atoms with Crippen LogP contribution in [0.2, 0.25) is 0 Å². The quantitative estimate of drug-likeness (QED) is 0.174. The van der Waals surface area contributed by atoms with Gasteiger partial charge in [-0.1, -0.05) is 30.3 Å². The highest BCUT2D eigenvalue weighted by molar-refractivity contribution is 6.11. The van der Waals surface area contributed by atoms with E-state index in [1.54, 1.807) is 42.5 Å². The molecule has 0 atom stereocenters. The topological polar surface area (TPSA) is 104 Å². The molecule has 7 nitrogen and oxygen atoms in total. The third-order valence-electron chi connectivity index (χ3n) is 7.93. The fourth-order valence-electron chi connectivity index (χ4n) is 5.72. The van der Waals surface area contributed by atoms with Crippen molar-refractivity contribution >= 4 is 21.8 Å². The SMILES string of the molecule is N#Cc1cnc(-c2ccc(-n3c4ccccc4c4cc(-c5ccc(C(F)(F)F)cc5C(F)(F)F)ccc43)c(-c3ncc(C#N)cn3)c2)nc1. The lowest BCUT2D eigenvalue weighted by Crippen LogP contribution is -2.12. The molecule has 238 valence electrons. The second-order valence-electron chi connectivity index (χ2n) is 10.9. The van der Waals surface area contributed by atoms with E-state index in [9.17, 15) is 31.6 Å². The average molecular weight is 662 g/mol. The Balaban J connectivity index is 1.47. The van der Waals surface area contributed by atoms with E-state index in [-0.39, 0.29) is 28.6 Å². The second-order valence-corrected chi connectivity index (χ2v) is 10.9. The summed E-state index contributed by atoms with van der Waals surface area (Å²) in [6.07, 6.45) is -4.47. The Morgan fingerprint density at radius 1 is 0.551 bits per heavy atom. The van der Waals surface area contributed by atoms with Gasteiger partial charge in [-0.2, -0.15) is 36.9 Å². The Kier molecular flexibility index (Phi) is 7.33. The van der Waals surface area contributed by atoms with E-state index in [1.165, 1.54) is 36.9 Å². The van der Waals surface area contributed by atoms with Gasteiger partial charge in [0.25, 0.3) is 0 Å². The van der Waals surface area contributed by atoms with E-state index in [2.05, 4.69) is 19.9 Å². The van der Waals surface area contributed by atoms with Crippen molar-refractivity contribution in [1.82, 2.24) is 24.5 Å². The van der Waals surface area contributed by atoms with Crippen LogP contribution in [0.25, 0.3) is 61.4 Å². The lowest BCUT2D eigenvalue weighted by Gasteiger charge is -2.17. The van der Waals surface area contributed by atoms with Gasteiger partial charge in [0.05, 0.1) is 39.0 Å². The van der Waals surface area contributed by atoms with Gasteiger partial charge in [-0.25, -0.2) is 19.9 Å². The molecule has 0 radical (unpaired) electrons. The van der Waals surface area contributed by atoms with Crippen LogP contribution in [0.4, 0.5) is 26.3 Å². The number of para-hydroxylation sites is 1. The number of nitriles is 2. The van der Waals surface area contributed by atoms with Crippen LogP contribution in [0.5, 0.6) is 0 Å². The Morgan fingerprint density at radius 2 is 1.16 bits per heavy atom. The lowest BCUT2D eigenvalue weighted by atomic mass is 9.95. The van der Waals surface area contributed by atoms with E-state index in [0.717, 1.165) is 6.07 Å². The van der Waals surface area contributed by atoms with Crippen LogP contribution in [0.15, 0.2) is 104 Å². The van der Waals surface area contributed by atoms with Crippen molar-refractivity contribution in [2.24, 2.45) is 0 Å². The average Bonchev–Trinajstić information content (AvgIpc) is 3.44. The maximum absolute atomic E-state index is 14.1. The standard InChI is InChI=1S/C36H17F6N7/c37-35(38,39)24-7-8-25(29(13-24)36(40,41)42)22-5-9-31-27(11-22)26-3-1-2-4-30(26)49(31)32-10-6-23(33-45-16-20(14-43)17-46-33)12-28(32)34-47-18-21(15-44)19-48-34/h1-13,16-19H. The maximum Gasteiger partial charge on any atom is 0.417 e. The molecule has 0 spiro atoms. The Morgan fingerprint density at radius 3 is 1.80 bits per heavy atom. The van der Waals surface area contributed by atoms with Crippen LogP contribution in [-0.4, -0.2) is 24.5 Å². The fourth-order valence-corrected chi connectivity index (χ4v) is 5.72. The number of benzene rings is 4. The van der Waals surface area contributed by atoms with E-state index in [4.69, 9.17) is 5.26 Å². The molecule has 0 aliphatic carbocycles. The number of nitrogens with zero attached hydrogens (tertiary/aromatic N) is 7. The predicted octanol–water partition coefficient (Wildman–Crippen LogP) is 9.15. The zero-order chi connectivity index (χ0) is 34.5. The fraction of sp³-hybridized carbons (Fsp3) is 0.0556. The van der Waals surface area contributed by atoms with Crippen molar-refractivity contribution in [2.45, 2.75) is 12.4 Å². The molecule has 3 heterocycles. The van der Waals surface area contributed by atoms with Crippen molar-refractivity contribution in [1.29, 1.82) is 10.5 Å². The van der Waals surface area contributed by atoms with Crippen LogP contribution in [0.1, 0.15) is 22.3 Å². The minimum atomic E-state index is -5.05. The van der Waals surface area contributed by atoms with Crippen molar-refractivity contribution in [2.75, 3.05) is 0 Å². The monoisotopic (exact) mass is 661 g/mol. The predicted molar refractivity (Wildman–Crippen MR) is 168 cm³/mol. The molecule has 13 heteroatoms. The molecule has 0 fully saturated rings. The molecule has 0 amide bonds. The van der Waals surface area contributed by atoms with Gasteiger partial charge in [-0.15, -0.1) is 0 Å². The second kappa shape index (κ2) is 11.6. The first-order chi connectivity index (χ1) is 23.5. The number of hydrogen-bond acceptors (Lipinski definition) is 6. The molecule has 7 rings (SSSR count). The van der Waals surface area contributed by atoms with Gasteiger partial charge in [-0.3, -0.25) is 0 Å². The first-order valence-corrected chi connectivity index (χ1v) is 14.4. The molecule has 49 heavy (non-hydrogen) atoms. The molecule has 0 aliphatic rings. The van der Waals surface area contributed by atoms with Gasteiger partial charge < -0.3 is 4.57 Å². The number of hydrogen-bond donors (Lipinski definition) is 0. The van der Waals surface area contributed by atoms with E-state index >= 15 is 0 Å². The summed E-state index contributed by atoms with van der Waals surface area (Å²) in [6, 6.07) is 22.6. The van der Waals surface area contributed by atoms with Gasteiger partial charge in [-0.05, 0) is 59.7 Å². The zero-order valence-electron chi connectivity index (χ0n) is 24.7. The van der Waals surface area contributed by atoms with Crippen molar-refractivity contribution in [3.8, 4) is 51.7 Å². The molecular formula is C36H17F6N7. The smallest absolute Gasteiger partial charge is 0.309 e. The van der Waals surface area contributed by atoms with Gasteiger partial charge in [0.2, 0.25) is 0 Å². The van der Waals surface area contributed by atoms with Crippen LogP contribution in [0, 0.1) is 22.7 Å². The normalized spacial score (nSPS) is 11.8. The Hall–Kier alpha value is -6.60. The van der Waals surface area contributed by atoms with Crippen molar-refractivity contribution in [3.05, 3.63) is 126 Å². The third-order valence-corrected chi connectivity index (χ3v) is 7.93. The first kappa shape index (κ1) is 31.0. The number of alkyl halides is 6. The molecule has 4 aromatic carbocycles. The van der Waals surface area contributed by atoms with E-state index < -0.39 is 29.0 Å². The summed E-state index contributed by atoms with van der Waals surface area (Å²) in [5, 5.41) is 19.7. The van der Waals surface area contributed by atoms with E-state index in [1.807, 2.05) is 22.8 Å². The third kappa shape index (κ3) is 5.57. The highest BCUT2D eigenvalue weighted by Crippen LogP contribution is 2.43. The molecule has 0 N–H and O–H groups in total. The summed E-state index contributed by atoms with van der Waals surface area (Å²) in [7, 11) is 0. The van der Waals surface area contributed by atoms with Crippen LogP contribution in [0.3, 0.4) is 0 Å². The minimum absolute atomic E-state index is 0.0837. The molecule has 0 bridgehead atoms. The zero-order valence-corrected chi connectivity index (χ0v) is 24.7. The molecule has 7 aromatic rings. The van der Waals surface area contributed by atoms with Gasteiger partial charge in [0, 0.05) is 46.7 Å². The number of halogens is 6. The minimum Gasteiger partial charge on any atom is -0.309 e. The van der Waals surface area contributed by atoms with Crippen LogP contribution >= 0.6 is 0 Å². The molecule has 0 aliphatic heterocycles. The van der Waals surface area contributed by atoms with Crippen LogP contribution < -0.4 is 0 Å². The van der Waals surface area contributed by atoms with Gasteiger partial charge >= 0.3 is 12.4 Å². The molecule has 0 unspecified atom stereocenters. The molecule has 3 aromatic heterocycles. The van der Waals surface area contributed by atoms with Crippen molar-refractivity contribution in [3.63, 3.8) is 0 Å². The molecule has 0 saturated heterocycles. The first-order valence-electron chi connectivity index (χ1n) is 14.4. The van der Waals surface area contributed by atoms with Crippen LogP contribution in [-0.2, 0) is 12.4 Å². The molecule has 0 saturated carbocycles. The molecular weight excluding hydrogens is 644 g/mol. The summed E-state index contributed by atoms with van der Waals surface area (Å²) in [4.78, 5) is 17.4. The highest BCUT2D eigenvalue weighted by atomic mass is 19.4. The maximum atomic E-state index is 14.1. The Labute approximate surface area is 273 Å². The van der Waals surface area contributed by atoms with Crippen molar-refractivity contribution < 1.29 is 26.3 Å². The summed E-state index contributed by atoms with van der Waals surface area (Å²) >= 11 is 0.